The molecule has 0 aliphatic carbocycles. The summed E-state index contributed by atoms with van der Waals surface area (Å²) in [6.07, 6.45) is 3.62. The molecule has 3 aliphatic heterocycles. The average Bonchev–Trinajstić information content (AvgIpc) is 3.49. The van der Waals surface area contributed by atoms with E-state index in [1.807, 2.05) is 58.0 Å². The summed E-state index contributed by atoms with van der Waals surface area (Å²) in [6, 6.07) is 7.96. The van der Waals surface area contributed by atoms with E-state index in [1.165, 1.54) is 0 Å². The first-order valence-corrected chi connectivity index (χ1v) is 13.8. The van der Waals surface area contributed by atoms with Crippen molar-refractivity contribution in [3.05, 3.63) is 48.6 Å². The highest BCUT2D eigenvalue weighted by atomic mass is 16.6. The monoisotopic (exact) mass is 526 g/mol. The first-order valence-electron chi connectivity index (χ1n) is 13.8. The molecular weight excluding hydrogens is 484 g/mol. The number of esters is 1. The fourth-order valence-corrected chi connectivity index (χ4v) is 7.03. The Morgan fingerprint density at radius 2 is 1.95 bits per heavy atom. The van der Waals surface area contributed by atoms with E-state index in [2.05, 4.69) is 6.58 Å². The van der Waals surface area contributed by atoms with Crippen LogP contribution in [0.3, 0.4) is 0 Å². The molecule has 3 heterocycles. The minimum absolute atomic E-state index is 0.194. The number of benzene rings is 1. The van der Waals surface area contributed by atoms with Crippen molar-refractivity contribution in [3.63, 3.8) is 0 Å². The van der Waals surface area contributed by atoms with Gasteiger partial charge in [0.1, 0.15) is 17.6 Å². The molecule has 38 heavy (non-hydrogen) atoms. The largest absolute Gasteiger partial charge is 0.466 e. The maximum absolute atomic E-state index is 14.5. The van der Waals surface area contributed by atoms with Gasteiger partial charge in [-0.25, -0.2) is 0 Å². The molecule has 2 unspecified atom stereocenters. The lowest BCUT2D eigenvalue weighted by Crippen LogP contribution is -2.62. The van der Waals surface area contributed by atoms with E-state index < -0.39 is 46.6 Å². The number of aliphatic hydroxyl groups is 1. The van der Waals surface area contributed by atoms with Gasteiger partial charge in [0.25, 0.3) is 0 Å². The van der Waals surface area contributed by atoms with Crippen LogP contribution in [0.25, 0.3) is 0 Å². The van der Waals surface area contributed by atoms with Crippen LogP contribution in [0.2, 0.25) is 0 Å². The van der Waals surface area contributed by atoms with Gasteiger partial charge in [-0.1, -0.05) is 43.3 Å². The van der Waals surface area contributed by atoms with Crippen LogP contribution < -0.4 is 0 Å². The molecule has 0 saturated carbocycles. The van der Waals surface area contributed by atoms with Crippen molar-refractivity contribution in [2.24, 2.45) is 11.8 Å². The number of carbonyl (C=O) groups excluding carboxylic acids is 3. The maximum Gasteiger partial charge on any atom is 0.312 e. The van der Waals surface area contributed by atoms with E-state index in [0.717, 1.165) is 5.56 Å². The van der Waals surface area contributed by atoms with Gasteiger partial charge >= 0.3 is 5.97 Å². The lowest BCUT2D eigenvalue weighted by Gasteiger charge is -2.43. The van der Waals surface area contributed by atoms with Gasteiger partial charge in [0.15, 0.2) is 0 Å². The highest BCUT2D eigenvalue weighted by molar-refractivity contribution is 5.99. The topological polar surface area (TPSA) is 96.4 Å². The summed E-state index contributed by atoms with van der Waals surface area (Å²) in [5.41, 5.74) is -1.63. The van der Waals surface area contributed by atoms with Gasteiger partial charge in [0.05, 0.1) is 30.8 Å². The Balaban J connectivity index is 1.86. The number of fused-ring (bicyclic) bond motifs is 1. The zero-order valence-corrected chi connectivity index (χ0v) is 23.3. The van der Waals surface area contributed by atoms with Crippen molar-refractivity contribution < 1.29 is 29.0 Å². The molecule has 3 aliphatic rings. The number of carbonyl (C=O) groups is 3. The Bertz CT molecular complexity index is 1070. The van der Waals surface area contributed by atoms with Gasteiger partial charge in [-0.05, 0) is 58.9 Å². The Morgan fingerprint density at radius 1 is 1.26 bits per heavy atom. The molecule has 3 fully saturated rings. The van der Waals surface area contributed by atoms with Gasteiger partial charge in [0.2, 0.25) is 11.8 Å². The van der Waals surface area contributed by atoms with Crippen molar-refractivity contribution in [3.8, 4) is 0 Å². The van der Waals surface area contributed by atoms with Crippen LogP contribution in [0.5, 0.6) is 0 Å². The third kappa shape index (κ3) is 4.35. The van der Waals surface area contributed by atoms with Crippen LogP contribution in [0.1, 0.15) is 59.4 Å². The summed E-state index contributed by atoms with van der Waals surface area (Å²) in [5, 5.41) is 10.6. The van der Waals surface area contributed by atoms with Crippen molar-refractivity contribution in [2.75, 3.05) is 19.8 Å². The van der Waals surface area contributed by atoms with Gasteiger partial charge in [-0.3, -0.25) is 14.4 Å². The standard InChI is InChI=1S/C30H42N2O6/c1-7-17-31(28(4,5)6)26(35)24-30-16-15-29(8-2,38-30)23(27(36)37-9-3)22(30)25(34)32(24)21(19-33)18-20-13-11-10-12-14-20/h7,10-14,21-24,33H,1,8-9,15-19H2,2-6H3/t21-,22+,23+,24?,29-,30?/m1/s1. The molecular formula is C30H42N2O6. The molecule has 2 bridgehead atoms. The third-order valence-corrected chi connectivity index (χ3v) is 8.70. The molecule has 4 rings (SSSR count). The number of ether oxygens (including phenoxy) is 2. The Morgan fingerprint density at radius 3 is 2.50 bits per heavy atom. The molecule has 208 valence electrons. The lowest BCUT2D eigenvalue weighted by atomic mass is 9.65. The zero-order valence-electron chi connectivity index (χ0n) is 23.3. The van der Waals surface area contributed by atoms with Crippen LogP contribution in [-0.2, 0) is 30.3 Å². The second-order valence-corrected chi connectivity index (χ2v) is 11.8. The van der Waals surface area contributed by atoms with Crippen LogP contribution in [0.4, 0.5) is 0 Å². The highest BCUT2D eigenvalue weighted by Crippen LogP contribution is 2.65. The summed E-state index contributed by atoms with van der Waals surface area (Å²) < 4.78 is 12.3. The number of aliphatic hydroxyl groups excluding tert-OH is 1. The van der Waals surface area contributed by atoms with E-state index in [-0.39, 0.29) is 25.0 Å². The molecule has 2 amide bonds. The number of rotatable bonds is 10. The molecule has 1 aromatic rings. The fourth-order valence-electron chi connectivity index (χ4n) is 7.03. The quantitative estimate of drug-likeness (QED) is 0.372. The zero-order chi connectivity index (χ0) is 27.9. The molecule has 8 nitrogen and oxygen atoms in total. The summed E-state index contributed by atoms with van der Waals surface area (Å²) in [6.45, 7) is 13.5. The summed E-state index contributed by atoms with van der Waals surface area (Å²) >= 11 is 0. The predicted molar refractivity (Wildman–Crippen MR) is 143 cm³/mol. The first-order chi connectivity index (χ1) is 18.0. The second-order valence-electron chi connectivity index (χ2n) is 11.8. The van der Waals surface area contributed by atoms with Crippen molar-refractivity contribution in [1.82, 2.24) is 9.80 Å². The fraction of sp³-hybridized carbons (Fsp3) is 0.633. The summed E-state index contributed by atoms with van der Waals surface area (Å²) in [5.74, 6) is -2.67. The van der Waals surface area contributed by atoms with Gasteiger partial charge < -0.3 is 24.4 Å². The predicted octanol–water partition coefficient (Wildman–Crippen LogP) is 3.12. The summed E-state index contributed by atoms with van der Waals surface area (Å²) in [7, 11) is 0. The number of nitrogens with zero attached hydrogens (tertiary/aromatic N) is 2. The van der Waals surface area contributed by atoms with Crippen LogP contribution in [0, 0.1) is 11.8 Å². The number of hydrogen-bond donors (Lipinski definition) is 1. The second kappa shape index (κ2) is 10.5. The SMILES string of the molecule is C=CCN(C(=O)C1N([C@@H](CO)Cc2ccccc2)C(=O)[C@@H]2[C@@H](C(=O)OCC)[C@@]3(CC)CCC12O3)C(C)(C)C. The van der Waals surface area contributed by atoms with Crippen molar-refractivity contribution in [1.29, 1.82) is 0 Å². The van der Waals surface area contributed by atoms with Gasteiger partial charge in [-0.2, -0.15) is 0 Å². The van der Waals surface area contributed by atoms with E-state index >= 15 is 0 Å². The molecule has 3 saturated heterocycles. The third-order valence-electron chi connectivity index (χ3n) is 8.70. The Labute approximate surface area is 226 Å². The first kappa shape index (κ1) is 28.3. The van der Waals surface area contributed by atoms with Crippen LogP contribution in [-0.4, -0.2) is 81.3 Å². The van der Waals surface area contributed by atoms with Gasteiger partial charge in [-0.15, -0.1) is 6.58 Å². The lowest BCUT2D eigenvalue weighted by molar-refractivity contribution is -0.164. The number of hydrogen-bond acceptors (Lipinski definition) is 6. The highest BCUT2D eigenvalue weighted by Gasteiger charge is 2.79. The number of likely N-dealkylation sites (tertiary alicyclic amines) is 1. The normalized spacial score (nSPS) is 30.7. The van der Waals surface area contributed by atoms with Gasteiger partial charge in [0, 0.05) is 12.1 Å². The van der Waals surface area contributed by atoms with Crippen molar-refractivity contribution >= 4 is 17.8 Å². The number of amides is 2. The van der Waals surface area contributed by atoms with Crippen LogP contribution in [0.15, 0.2) is 43.0 Å². The maximum atomic E-state index is 14.5. The molecule has 0 radical (unpaired) electrons. The van der Waals surface area contributed by atoms with E-state index in [1.54, 1.807) is 22.8 Å². The minimum atomic E-state index is -1.17. The molecule has 1 spiro atoms. The van der Waals surface area contributed by atoms with E-state index in [0.29, 0.717) is 32.2 Å². The summed E-state index contributed by atoms with van der Waals surface area (Å²) in [4.78, 5) is 45.6. The molecule has 1 N–H and O–H groups in total. The minimum Gasteiger partial charge on any atom is -0.466 e. The van der Waals surface area contributed by atoms with E-state index in [4.69, 9.17) is 9.47 Å². The van der Waals surface area contributed by atoms with E-state index in [9.17, 15) is 19.5 Å². The Kier molecular flexibility index (Phi) is 7.79. The van der Waals surface area contributed by atoms with Crippen LogP contribution >= 0.6 is 0 Å². The molecule has 1 aromatic carbocycles. The smallest absolute Gasteiger partial charge is 0.312 e. The molecule has 6 atom stereocenters. The molecule has 0 aromatic heterocycles. The average molecular weight is 527 g/mol. The Hall–Kier alpha value is -2.71. The molecule has 8 heteroatoms. The van der Waals surface area contributed by atoms with Crippen molar-refractivity contribution in [2.45, 2.75) is 89.1 Å².